The van der Waals surface area contributed by atoms with Gasteiger partial charge in [-0.05, 0) is 94.6 Å². The van der Waals surface area contributed by atoms with Crippen LogP contribution in [0.4, 0.5) is 0 Å². The molecule has 230 valence electrons. The van der Waals surface area contributed by atoms with Gasteiger partial charge in [-0.3, -0.25) is 4.99 Å². The summed E-state index contributed by atoms with van der Waals surface area (Å²) in [7, 11) is 0. The van der Waals surface area contributed by atoms with Crippen LogP contribution in [0.15, 0.2) is 199 Å². The molecule has 49 heavy (non-hydrogen) atoms. The van der Waals surface area contributed by atoms with E-state index in [0.29, 0.717) is 0 Å². The highest BCUT2D eigenvalue weighted by Crippen LogP contribution is 2.45. The second-order valence-electron chi connectivity index (χ2n) is 12.7. The molecule has 1 aliphatic rings. The third kappa shape index (κ3) is 4.99. The van der Waals surface area contributed by atoms with Crippen LogP contribution in [-0.2, 0) is 0 Å². The minimum Gasteiger partial charge on any atom is -0.272 e. The molecule has 0 amide bonds. The number of dihydropyridines is 1. The molecule has 0 aliphatic carbocycles. The first-order chi connectivity index (χ1) is 24.2. The molecule has 1 heterocycles. The summed E-state index contributed by atoms with van der Waals surface area (Å²) in [6.07, 6.45) is 2.20. The average molecular weight is 624 g/mol. The number of benzene rings is 8. The highest BCUT2D eigenvalue weighted by atomic mass is 14.8. The SMILES string of the molecule is C=C1C(c2ccccc2)=CC(c2ccccc2)=NC1c1ccccc1-c1ccccc1-c1ccc2c3ccccc3c3ccccc3c2c1. The van der Waals surface area contributed by atoms with Gasteiger partial charge in [0.1, 0.15) is 6.04 Å². The first-order valence-corrected chi connectivity index (χ1v) is 16.9. The van der Waals surface area contributed by atoms with E-state index in [9.17, 15) is 0 Å². The van der Waals surface area contributed by atoms with Gasteiger partial charge >= 0.3 is 0 Å². The third-order valence-corrected chi connectivity index (χ3v) is 9.91. The monoisotopic (exact) mass is 623 g/mol. The predicted octanol–water partition coefficient (Wildman–Crippen LogP) is 12.7. The van der Waals surface area contributed by atoms with E-state index >= 15 is 0 Å². The number of aliphatic imine (C=N–C) groups is 1. The Labute approximate surface area is 286 Å². The smallest absolute Gasteiger partial charge is 0.101 e. The Morgan fingerprint density at radius 1 is 0.388 bits per heavy atom. The summed E-state index contributed by atoms with van der Waals surface area (Å²) in [6, 6.07) is 62.8. The molecule has 0 spiro atoms. The summed E-state index contributed by atoms with van der Waals surface area (Å²) in [5.41, 5.74) is 11.2. The molecule has 1 atom stereocenters. The first-order valence-electron chi connectivity index (χ1n) is 16.9. The van der Waals surface area contributed by atoms with E-state index in [4.69, 9.17) is 4.99 Å². The van der Waals surface area contributed by atoms with Crippen molar-refractivity contribution in [3.63, 3.8) is 0 Å². The maximum atomic E-state index is 5.41. The number of rotatable bonds is 5. The molecule has 0 saturated carbocycles. The molecule has 8 aromatic carbocycles. The zero-order valence-corrected chi connectivity index (χ0v) is 27.1. The summed E-state index contributed by atoms with van der Waals surface area (Å²) < 4.78 is 0. The Hall–Kier alpha value is -6.31. The maximum Gasteiger partial charge on any atom is 0.101 e. The number of allylic oxidation sites excluding steroid dienone is 1. The van der Waals surface area contributed by atoms with Crippen molar-refractivity contribution in [2.45, 2.75) is 6.04 Å². The van der Waals surface area contributed by atoms with E-state index in [2.05, 4.69) is 189 Å². The fourth-order valence-corrected chi connectivity index (χ4v) is 7.57. The molecule has 0 radical (unpaired) electrons. The van der Waals surface area contributed by atoms with Crippen molar-refractivity contribution in [3.05, 3.63) is 211 Å². The maximum absolute atomic E-state index is 5.41. The summed E-state index contributed by atoms with van der Waals surface area (Å²) in [4.78, 5) is 5.41. The van der Waals surface area contributed by atoms with Crippen LogP contribution in [0, 0.1) is 0 Å². The zero-order valence-electron chi connectivity index (χ0n) is 27.1. The lowest BCUT2D eigenvalue weighted by atomic mass is 9.82. The average Bonchev–Trinajstić information content (AvgIpc) is 3.18. The number of fused-ring (bicyclic) bond motifs is 6. The predicted molar refractivity (Wildman–Crippen MR) is 209 cm³/mol. The molecule has 9 rings (SSSR count). The Balaban J connectivity index is 1.22. The lowest BCUT2D eigenvalue weighted by Crippen LogP contribution is -2.13. The van der Waals surface area contributed by atoms with Gasteiger partial charge in [-0.2, -0.15) is 0 Å². The van der Waals surface area contributed by atoms with Gasteiger partial charge in [-0.1, -0.05) is 176 Å². The van der Waals surface area contributed by atoms with Crippen LogP contribution in [-0.4, -0.2) is 5.71 Å². The molecule has 0 aromatic heterocycles. The van der Waals surface area contributed by atoms with Crippen LogP contribution in [0.5, 0.6) is 0 Å². The summed E-state index contributed by atoms with van der Waals surface area (Å²) >= 11 is 0. The third-order valence-electron chi connectivity index (χ3n) is 9.91. The van der Waals surface area contributed by atoms with Crippen molar-refractivity contribution in [3.8, 4) is 22.3 Å². The molecule has 1 aliphatic heterocycles. The number of hydrogen-bond acceptors (Lipinski definition) is 1. The Morgan fingerprint density at radius 3 is 1.53 bits per heavy atom. The molecule has 8 aromatic rings. The molecular formula is C48H33N. The van der Waals surface area contributed by atoms with Gasteiger partial charge in [0.05, 0.1) is 5.71 Å². The summed E-state index contributed by atoms with van der Waals surface area (Å²) in [5.74, 6) is 0. The molecule has 0 bridgehead atoms. The molecule has 1 unspecified atom stereocenters. The van der Waals surface area contributed by atoms with Gasteiger partial charge < -0.3 is 0 Å². The van der Waals surface area contributed by atoms with E-state index in [1.165, 1.54) is 49.0 Å². The zero-order chi connectivity index (χ0) is 32.7. The highest BCUT2D eigenvalue weighted by Gasteiger charge is 2.27. The van der Waals surface area contributed by atoms with Crippen molar-refractivity contribution in [1.29, 1.82) is 0 Å². The van der Waals surface area contributed by atoms with Crippen molar-refractivity contribution < 1.29 is 0 Å². The van der Waals surface area contributed by atoms with Gasteiger partial charge in [0, 0.05) is 0 Å². The van der Waals surface area contributed by atoms with E-state index in [0.717, 1.165) is 39.1 Å². The lowest BCUT2D eigenvalue weighted by Gasteiger charge is -2.27. The van der Waals surface area contributed by atoms with Crippen LogP contribution in [0.25, 0.3) is 60.1 Å². The number of nitrogens with zero attached hydrogens (tertiary/aromatic N) is 1. The largest absolute Gasteiger partial charge is 0.272 e. The quantitative estimate of drug-likeness (QED) is 0.169. The minimum absolute atomic E-state index is 0.244. The Bertz CT molecular complexity index is 2570. The fraction of sp³-hybridized carbons (Fsp3) is 0.0208. The topological polar surface area (TPSA) is 12.4 Å². The molecule has 0 fully saturated rings. The van der Waals surface area contributed by atoms with Crippen LogP contribution in [0.2, 0.25) is 0 Å². The minimum atomic E-state index is -0.244. The lowest BCUT2D eigenvalue weighted by molar-refractivity contribution is 0.878. The summed E-state index contributed by atoms with van der Waals surface area (Å²) in [5, 5.41) is 7.68. The fourth-order valence-electron chi connectivity index (χ4n) is 7.57. The second-order valence-corrected chi connectivity index (χ2v) is 12.7. The van der Waals surface area contributed by atoms with E-state index in [-0.39, 0.29) is 6.04 Å². The molecule has 1 nitrogen and oxygen atoms in total. The van der Waals surface area contributed by atoms with Crippen molar-refractivity contribution in [2.75, 3.05) is 0 Å². The Morgan fingerprint density at radius 2 is 0.878 bits per heavy atom. The van der Waals surface area contributed by atoms with Gasteiger partial charge in [-0.25, -0.2) is 0 Å². The molecular weight excluding hydrogens is 591 g/mol. The van der Waals surface area contributed by atoms with E-state index < -0.39 is 0 Å². The molecule has 0 N–H and O–H groups in total. The number of hydrogen-bond donors (Lipinski definition) is 0. The van der Waals surface area contributed by atoms with Crippen LogP contribution < -0.4 is 0 Å². The first kappa shape index (κ1) is 28.9. The van der Waals surface area contributed by atoms with Gasteiger partial charge in [0.25, 0.3) is 0 Å². The molecule has 1 heteroatoms. The van der Waals surface area contributed by atoms with Gasteiger partial charge in [0.15, 0.2) is 0 Å². The standard InChI is InChI=1S/C48H33N/c1-32-45(33-16-4-2-5-17-33)31-47(34-18-6-3-7-19-34)49-48(32)44-27-15-14-25-41(44)37-21-9-8-20-36(37)35-28-29-43-40-24-11-10-22-38(40)39-23-12-13-26-42(39)46(43)30-35/h2-31,48H,1H2. The highest BCUT2D eigenvalue weighted by molar-refractivity contribution is 6.25. The van der Waals surface area contributed by atoms with Gasteiger partial charge in [0.2, 0.25) is 0 Å². The van der Waals surface area contributed by atoms with Crippen LogP contribution in [0.1, 0.15) is 22.7 Å². The van der Waals surface area contributed by atoms with Crippen molar-refractivity contribution >= 4 is 43.6 Å². The van der Waals surface area contributed by atoms with Crippen LogP contribution in [0.3, 0.4) is 0 Å². The van der Waals surface area contributed by atoms with Crippen LogP contribution >= 0.6 is 0 Å². The van der Waals surface area contributed by atoms with Crippen molar-refractivity contribution in [2.24, 2.45) is 4.99 Å². The normalized spacial score (nSPS) is 14.6. The van der Waals surface area contributed by atoms with Gasteiger partial charge in [-0.15, -0.1) is 0 Å². The summed E-state index contributed by atoms with van der Waals surface area (Å²) in [6.45, 7) is 4.69. The van der Waals surface area contributed by atoms with Crippen molar-refractivity contribution in [1.82, 2.24) is 0 Å². The second kappa shape index (κ2) is 12.0. The molecule has 0 saturated heterocycles. The Kier molecular flexibility index (Phi) is 7.10. The van der Waals surface area contributed by atoms with E-state index in [1.807, 2.05) is 0 Å². The van der Waals surface area contributed by atoms with E-state index in [1.54, 1.807) is 0 Å².